The lowest BCUT2D eigenvalue weighted by Crippen LogP contribution is -2.35. The fraction of sp³-hybridized carbons (Fsp3) is 0.300. The Labute approximate surface area is 221 Å². The average Bonchev–Trinajstić information content (AvgIpc) is 3.59. The number of rotatable bonds is 7. The lowest BCUT2D eigenvalue weighted by Gasteiger charge is -2.29. The number of likely N-dealkylation sites (tertiary alicyclic amines) is 1. The molecule has 3 heterocycles. The van der Waals surface area contributed by atoms with E-state index in [1.54, 1.807) is 19.4 Å². The molecule has 1 fully saturated rings. The van der Waals surface area contributed by atoms with Gasteiger partial charge in [0, 0.05) is 35.6 Å². The summed E-state index contributed by atoms with van der Waals surface area (Å²) in [5, 5.41) is 19.0. The molecule has 8 nitrogen and oxygen atoms in total. The maximum absolute atomic E-state index is 11.1. The van der Waals surface area contributed by atoms with Gasteiger partial charge in [0.25, 0.3) is 0 Å². The summed E-state index contributed by atoms with van der Waals surface area (Å²) in [6.07, 6.45) is 5.86. The highest BCUT2D eigenvalue weighted by Crippen LogP contribution is 2.21. The highest BCUT2D eigenvalue weighted by atomic mass is 16.4. The molecule has 0 bridgehead atoms. The first-order valence-electron chi connectivity index (χ1n) is 12.7. The van der Waals surface area contributed by atoms with Gasteiger partial charge in [0.1, 0.15) is 18.2 Å². The maximum Gasteiger partial charge on any atom is 0.306 e. The summed E-state index contributed by atoms with van der Waals surface area (Å²) in [6, 6.07) is 16.0. The fourth-order valence-electron chi connectivity index (χ4n) is 4.64. The molecule has 38 heavy (non-hydrogen) atoms. The first kappa shape index (κ1) is 25.5. The zero-order valence-corrected chi connectivity index (χ0v) is 21.2. The van der Waals surface area contributed by atoms with Crippen LogP contribution in [0.15, 0.2) is 71.6 Å². The summed E-state index contributed by atoms with van der Waals surface area (Å²) in [5.74, 6) is 6.66. The average molecular weight is 511 g/mol. The van der Waals surface area contributed by atoms with E-state index in [0.29, 0.717) is 31.1 Å². The van der Waals surface area contributed by atoms with Crippen molar-refractivity contribution in [2.45, 2.75) is 39.0 Å². The summed E-state index contributed by atoms with van der Waals surface area (Å²) in [5.41, 5.74) is 4.65. The van der Waals surface area contributed by atoms with Crippen molar-refractivity contribution < 1.29 is 19.4 Å². The monoisotopic (exact) mass is 510 g/mol. The zero-order chi connectivity index (χ0) is 26.5. The molecule has 4 aromatic rings. The molecule has 0 saturated carbocycles. The Morgan fingerprint density at radius 1 is 1.05 bits per heavy atom. The van der Waals surface area contributed by atoms with Gasteiger partial charge in [0.15, 0.2) is 0 Å². The number of hydrogen-bond acceptors (Lipinski definition) is 6. The quantitative estimate of drug-likeness (QED) is 0.357. The van der Waals surface area contributed by atoms with E-state index in [-0.39, 0.29) is 5.92 Å². The van der Waals surface area contributed by atoms with Gasteiger partial charge in [-0.15, -0.1) is 0 Å². The van der Waals surface area contributed by atoms with Crippen molar-refractivity contribution in [3.8, 4) is 23.3 Å². The van der Waals surface area contributed by atoms with Gasteiger partial charge in [0.05, 0.1) is 18.2 Å². The second-order valence-corrected chi connectivity index (χ2v) is 9.65. The molecule has 0 amide bonds. The maximum atomic E-state index is 11.1. The molecule has 0 spiro atoms. The van der Waals surface area contributed by atoms with Gasteiger partial charge in [-0.25, -0.2) is 9.97 Å². The molecule has 0 radical (unpaired) electrons. The number of piperidine rings is 1. The zero-order valence-electron chi connectivity index (χ0n) is 21.2. The van der Waals surface area contributed by atoms with Gasteiger partial charge in [-0.1, -0.05) is 24.0 Å². The van der Waals surface area contributed by atoms with E-state index < -0.39 is 12.1 Å². The van der Waals surface area contributed by atoms with Crippen molar-refractivity contribution in [2.75, 3.05) is 13.1 Å². The van der Waals surface area contributed by atoms with E-state index in [1.165, 1.54) is 5.56 Å². The molecule has 2 aromatic carbocycles. The number of aliphatic hydroxyl groups excluding tert-OH is 1. The van der Waals surface area contributed by atoms with E-state index >= 15 is 0 Å². The third-order valence-corrected chi connectivity index (χ3v) is 6.79. The normalized spacial score (nSPS) is 15.1. The van der Waals surface area contributed by atoms with Crippen LogP contribution in [0.5, 0.6) is 0 Å². The van der Waals surface area contributed by atoms with Crippen LogP contribution in [0.25, 0.3) is 11.5 Å². The third kappa shape index (κ3) is 6.20. The third-order valence-electron chi connectivity index (χ3n) is 6.79. The fourth-order valence-corrected chi connectivity index (χ4v) is 4.64. The van der Waals surface area contributed by atoms with Crippen molar-refractivity contribution in [1.29, 1.82) is 0 Å². The molecule has 1 aliphatic heterocycles. The molecule has 1 unspecified atom stereocenters. The van der Waals surface area contributed by atoms with Crippen molar-refractivity contribution in [2.24, 2.45) is 5.92 Å². The second kappa shape index (κ2) is 11.5. The number of carbonyl (C=O) groups is 1. The summed E-state index contributed by atoms with van der Waals surface area (Å²) in [7, 11) is 0. The lowest BCUT2D eigenvalue weighted by atomic mass is 9.97. The summed E-state index contributed by atoms with van der Waals surface area (Å²) in [4.78, 5) is 22.2. The molecule has 2 aromatic heterocycles. The lowest BCUT2D eigenvalue weighted by molar-refractivity contribution is -0.143. The first-order valence-corrected chi connectivity index (χ1v) is 12.7. The molecule has 1 saturated heterocycles. The number of carboxylic acid groups (broad SMARTS) is 1. The van der Waals surface area contributed by atoms with E-state index in [9.17, 15) is 9.90 Å². The molecular weight excluding hydrogens is 480 g/mol. The minimum atomic E-state index is -0.678. The van der Waals surface area contributed by atoms with Gasteiger partial charge in [0.2, 0.25) is 5.89 Å². The minimum absolute atomic E-state index is 0.205. The highest BCUT2D eigenvalue weighted by Gasteiger charge is 2.24. The Morgan fingerprint density at radius 2 is 1.71 bits per heavy atom. The Hall–Kier alpha value is -4.19. The van der Waals surface area contributed by atoms with Crippen LogP contribution in [0.1, 0.15) is 54.1 Å². The van der Waals surface area contributed by atoms with Gasteiger partial charge < -0.3 is 19.2 Å². The number of aromatic nitrogens is 3. The van der Waals surface area contributed by atoms with Crippen LogP contribution >= 0.6 is 0 Å². The van der Waals surface area contributed by atoms with Crippen molar-refractivity contribution in [3.05, 3.63) is 95.4 Å². The molecule has 1 atom stereocenters. The van der Waals surface area contributed by atoms with Crippen molar-refractivity contribution in [1.82, 2.24) is 19.4 Å². The van der Waals surface area contributed by atoms with E-state index in [0.717, 1.165) is 42.0 Å². The van der Waals surface area contributed by atoms with Crippen LogP contribution in [0.3, 0.4) is 0 Å². The molecular formula is C30H30N4O4. The van der Waals surface area contributed by atoms with Crippen LogP contribution in [-0.2, 0) is 17.9 Å². The predicted molar refractivity (Wildman–Crippen MR) is 142 cm³/mol. The van der Waals surface area contributed by atoms with Gasteiger partial charge in [-0.3, -0.25) is 9.69 Å². The van der Waals surface area contributed by atoms with Crippen LogP contribution in [0.4, 0.5) is 0 Å². The highest BCUT2D eigenvalue weighted by molar-refractivity contribution is 5.70. The number of nitrogens with zero attached hydrogens (tertiary/aromatic N) is 4. The number of carboxylic acids is 1. The van der Waals surface area contributed by atoms with Crippen LogP contribution in [0, 0.1) is 17.8 Å². The van der Waals surface area contributed by atoms with E-state index in [1.807, 2.05) is 47.2 Å². The Kier molecular flexibility index (Phi) is 7.68. The summed E-state index contributed by atoms with van der Waals surface area (Å²) >= 11 is 0. The van der Waals surface area contributed by atoms with Gasteiger partial charge in [-0.2, -0.15) is 0 Å². The van der Waals surface area contributed by atoms with Crippen LogP contribution in [0.2, 0.25) is 0 Å². The standard InChI is InChI=1S/C30H30N4O4/c1-21(35)28-31-14-17-34(28)19-27-20-38-29(32-27)25-10-8-23(9-11-25)3-2-22-4-6-24(7-5-22)18-33-15-12-26(13-16-33)30(36)37/h4-11,14,17,20-21,26,35H,12-13,15-16,18-19H2,1H3,(H,36,37). The van der Waals surface area contributed by atoms with Gasteiger partial charge in [-0.05, 0) is 74.8 Å². The number of imidazole rings is 1. The predicted octanol–water partition coefficient (Wildman–Crippen LogP) is 4.34. The van der Waals surface area contributed by atoms with E-state index in [4.69, 9.17) is 9.52 Å². The largest absolute Gasteiger partial charge is 0.481 e. The first-order chi connectivity index (χ1) is 18.4. The molecule has 5 rings (SSSR count). The molecule has 0 aliphatic carbocycles. The minimum Gasteiger partial charge on any atom is -0.481 e. The Balaban J connectivity index is 1.17. The smallest absolute Gasteiger partial charge is 0.306 e. The number of hydrogen-bond donors (Lipinski definition) is 2. The molecule has 1 aliphatic rings. The number of oxazole rings is 1. The Morgan fingerprint density at radius 3 is 2.34 bits per heavy atom. The number of aliphatic carboxylic acids is 1. The molecule has 8 heteroatoms. The van der Waals surface area contributed by atoms with Gasteiger partial charge >= 0.3 is 5.97 Å². The Bertz CT molecular complexity index is 1430. The SMILES string of the molecule is CC(O)c1nccn1Cc1coc(-c2ccc(C#Cc3ccc(CN4CCC(C(=O)O)CC4)cc3)cc2)n1. The van der Waals surface area contributed by atoms with Crippen molar-refractivity contribution >= 4 is 5.97 Å². The van der Waals surface area contributed by atoms with Crippen molar-refractivity contribution in [3.63, 3.8) is 0 Å². The molecule has 2 N–H and O–H groups in total. The second-order valence-electron chi connectivity index (χ2n) is 9.65. The number of aliphatic hydroxyl groups is 1. The summed E-state index contributed by atoms with van der Waals surface area (Å²) in [6.45, 7) is 4.61. The van der Waals surface area contributed by atoms with E-state index in [2.05, 4.69) is 38.8 Å². The summed E-state index contributed by atoms with van der Waals surface area (Å²) < 4.78 is 7.53. The number of benzene rings is 2. The van der Waals surface area contributed by atoms with Crippen LogP contribution < -0.4 is 0 Å². The topological polar surface area (TPSA) is 105 Å². The van der Waals surface area contributed by atoms with Crippen LogP contribution in [-0.4, -0.2) is 48.7 Å². The molecule has 194 valence electrons.